The van der Waals surface area contributed by atoms with Crippen molar-refractivity contribution in [3.63, 3.8) is 0 Å². The van der Waals surface area contributed by atoms with Gasteiger partial charge in [-0.2, -0.15) is 0 Å². The van der Waals surface area contributed by atoms with Crippen molar-refractivity contribution in [2.24, 2.45) is 0 Å². The van der Waals surface area contributed by atoms with Crippen LogP contribution in [0.5, 0.6) is 0 Å². The Labute approximate surface area is 126 Å². The highest BCUT2D eigenvalue weighted by Crippen LogP contribution is 2.26. The van der Waals surface area contributed by atoms with Gasteiger partial charge in [-0.05, 0) is 49.7 Å². The van der Waals surface area contributed by atoms with E-state index >= 15 is 0 Å². The van der Waals surface area contributed by atoms with Gasteiger partial charge in [-0.3, -0.25) is 4.90 Å². The Balaban J connectivity index is 1.96. The van der Waals surface area contributed by atoms with E-state index in [0.717, 1.165) is 23.7 Å². The molecule has 2 nitrogen and oxygen atoms in total. The molecule has 1 atom stereocenters. The predicted molar refractivity (Wildman–Crippen MR) is 87.1 cm³/mol. The molecule has 3 heteroatoms. The van der Waals surface area contributed by atoms with E-state index in [1.165, 1.54) is 11.1 Å². The molecular formula is C17H21ClN2. The van der Waals surface area contributed by atoms with Gasteiger partial charge >= 0.3 is 0 Å². The van der Waals surface area contributed by atoms with Crippen LogP contribution in [0.25, 0.3) is 0 Å². The van der Waals surface area contributed by atoms with Gasteiger partial charge in [-0.25, -0.2) is 0 Å². The number of nitrogens with two attached hydrogens (primary N) is 1. The molecule has 0 fully saturated rings. The lowest BCUT2D eigenvalue weighted by Crippen LogP contribution is -2.25. The Morgan fingerprint density at radius 2 is 1.75 bits per heavy atom. The molecule has 0 heterocycles. The van der Waals surface area contributed by atoms with Gasteiger partial charge in [0.1, 0.15) is 0 Å². The Morgan fingerprint density at radius 3 is 2.40 bits per heavy atom. The van der Waals surface area contributed by atoms with E-state index in [9.17, 15) is 0 Å². The summed E-state index contributed by atoms with van der Waals surface area (Å²) in [5.41, 5.74) is 8.99. The van der Waals surface area contributed by atoms with Crippen LogP contribution < -0.4 is 5.73 Å². The topological polar surface area (TPSA) is 29.3 Å². The lowest BCUT2D eigenvalue weighted by Gasteiger charge is -2.25. The van der Waals surface area contributed by atoms with Crippen LogP contribution in [0.15, 0.2) is 48.5 Å². The van der Waals surface area contributed by atoms with Crippen molar-refractivity contribution in [2.75, 3.05) is 19.3 Å². The summed E-state index contributed by atoms with van der Waals surface area (Å²) in [6.45, 7) is 3.17. The van der Waals surface area contributed by atoms with Crippen LogP contribution in [0, 0.1) is 0 Å². The minimum absolute atomic E-state index is 0.303. The SMILES string of the molecule is CC(c1ccccc1Cl)N(C)CCc1ccc(N)cc1. The first-order chi connectivity index (χ1) is 9.58. The van der Waals surface area contributed by atoms with Gasteiger partial charge in [0.15, 0.2) is 0 Å². The average molecular weight is 289 g/mol. The smallest absolute Gasteiger partial charge is 0.0453 e. The zero-order valence-corrected chi connectivity index (χ0v) is 12.8. The van der Waals surface area contributed by atoms with Crippen LogP contribution in [0.1, 0.15) is 24.1 Å². The summed E-state index contributed by atoms with van der Waals surface area (Å²) in [4.78, 5) is 2.32. The maximum atomic E-state index is 6.26. The third-order valence-electron chi connectivity index (χ3n) is 3.75. The summed E-state index contributed by atoms with van der Waals surface area (Å²) in [6, 6.07) is 16.4. The molecule has 0 saturated carbocycles. The summed E-state index contributed by atoms with van der Waals surface area (Å²) in [5.74, 6) is 0. The molecular weight excluding hydrogens is 268 g/mol. The van der Waals surface area contributed by atoms with Crippen molar-refractivity contribution in [1.29, 1.82) is 0 Å². The molecule has 0 aliphatic carbocycles. The molecule has 1 unspecified atom stereocenters. The fourth-order valence-corrected chi connectivity index (χ4v) is 2.53. The molecule has 0 aliphatic heterocycles. The van der Waals surface area contributed by atoms with Gasteiger partial charge in [0.05, 0.1) is 0 Å². The van der Waals surface area contributed by atoms with Crippen molar-refractivity contribution in [3.05, 3.63) is 64.7 Å². The average Bonchev–Trinajstić information content (AvgIpc) is 2.46. The predicted octanol–water partition coefficient (Wildman–Crippen LogP) is 4.16. The van der Waals surface area contributed by atoms with Crippen molar-refractivity contribution < 1.29 is 0 Å². The Bertz CT molecular complexity index is 551. The van der Waals surface area contributed by atoms with Crippen LogP contribution in [0.4, 0.5) is 5.69 Å². The van der Waals surface area contributed by atoms with Crippen LogP contribution in [-0.4, -0.2) is 18.5 Å². The zero-order chi connectivity index (χ0) is 14.5. The Hall–Kier alpha value is -1.51. The van der Waals surface area contributed by atoms with Crippen LogP contribution >= 0.6 is 11.6 Å². The van der Waals surface area contributed by atoms with E-state index in [4.69, 9.17) is 17.3 Å². The Morgan fingerprint density at radius 1 is 1.10 bits per heavy atom. The third-order valence-corrected chi connectivity index (χ3v) is 4.09. The number of hydrogen-bond acceptors (Lipinski definition) is 2. The molecule has 106 valence electrons. The largest absolute Gasteiger partial charge is 0.399 e. The number of halogens is 1. The minimum atomic E-state index is 0.303. The molecule has 0 saturated heterocycles. The fourth-order valence-electron chi connectivity index (χ4n) is 2.23. The van der Waals surface area contributed by atoms with Gasteiger partial charge in [-0.15, -0.1) is 0 Å². The second-order valence-electron chi connectivity index (χ2n) is 5.17. The normalized spacial score (nSPS) is 12.6. The monoisotopic (exact) mass is 288 g/mol. The standard InChI is InChI=1S/C17H21ClN2/c1-13(16-5-3-4-6-17(16)18)20(2)12-11-14-7-9-15(19)10-8-14/h3-10,13H,11-12,19H2,1-2H3. The highest BCUT2D eigenvalue weighted by molar-refractivity contribution is 6.31. The minimum Gasteiger partial charge on any atom is -0.399 e. The highest BCUT2D eigenvalue weighted by Gasteiger charge is 2.13. The van der Waals surface area contributed by atoms with E-state index in [0.29, 0.717) is 6.04 Å². The summed E-state index contributed by atoms with van der Waals surface area (Å²) in [6.07, 6.45) is 1.01. The number of rotatable bonds is 5. The number of likely N-dealkylation sites (N-methyl/N-ethyl adjacent to an activating group) is 1. The number of anilines is 1. The highest BCUT2D eigenvalue weighted by atomic mass is 35.5. The number of benzene rings is 2. The van der Waals surface area contributed by atoms with Crippen molar-refractivity contribution in [1.82, 2.24) is 4.90 Å². The lowest BCUT2D eigenvalue weighted by molar-refractivity contribution is 0.265. The molecule has 0 aliphatic rings. The second kappa shape index (κ2) is 6.78. The number of nitrogen functional groups attached to an aromatic ring is 1. The molecule has 0 spiro atoms. The fraction of sp³-hybridized carbons (Fsp3) is 0.294. The van der Waals surface area contributed by atoms with E-state index < -0.39 is 0 Å². The Kier molecular flexibility index (Phi) is 5.05. The molecule has 2 rings (SSSR count). The number of nitrogens with zero attached hydrogens (tertiary/aromatic N) is 1. The van der Waals surface area contributed by atoms with Crippen molar-refractivity contribution in [3.8, 4) is 0 Å². The lowest BCUT2D eigenvalue weighted by atomic mass is 10.1. The molecule has 20 heavy (non-hydrogen) atoms. The molecule has 0 aromatic heterocycles. The summed E-state index contributed by atoms with van der Waals surface area (Å²) in [7, 11) is 2.13. The van der Waals surface area contributed by atoms with Gasteiger partial charge in [0, 0.05) is 23.3 Å². The van der Waals surface area contributed by atoms with Crippen LogP contribution in [0.2, 0.25) is 5.02 Å². The van der Waals surface area contributed by atoms with Crippen LogP contribution in [0.3, 0.4) is 0 Å². The van der Waals surface area contributed by atoms with E-state index in [-0.39, 0.29) is 0 Å². The van der Waals surface area contributed by atoms with E-state index in [2.05, 4.69) is 37.1 Å². The van der Waals surface area contributed by atoms with Crippen LogP contribution in [-0.2, 0) is 6.42 Å². The summed E-state index contributed by atoms with van der Waals surface area (Å²) >= 11 is 6.26. The molecule has 0 bridgehead atoms. The first-order valence-corrected chi connectivity index (χ1v) is 7.25. The van der Waals surface area contributed by atoms with Gasteiger partial charge in [0.2, 0.25) is 0 Å². The van der Waals surface area contributed by atoms with E-state index in [1.807, 2.05) is 30.3 Å². The molecule has 2 aromatic rings. The maximum Gasteiger partial charge on any atom is 0.0453 e. The summed E-state index contributed by atoms with van der Waals surface area (Å²) < 4.78 is 0. The first-order valence-electron chi connectivity index (χ1n) is 6.87. The van der Waals surface area contributed by atoms with Gasteiger partial charge < -0.3 is 5.73 Å². The third kappa shape index (κ3) is 3.75. The number of hydrogen-bond donors (Lipinski definition) is 1. The first kappa shape index (κ1) is 14.9. The summed E-state index contributed by atoms with van der Waals surface area (Å²) in [5, 5.41) is 0.833. The van der Waals surface area contributed by atoms with E-state index in [1.54, 1.807) is 0 Å². The molecule has 2 N–H and O–H groups in total. The molecule has 0 radical (unpaired) electrons. The van der Waals surface area contributed by atoms with Crippen molar-refractivity contribution >= 4 is 17.3 Å². The molecule has 0 amide bonds. The second-order valence-corrected chi connectivity index (χ2v) is 5.58. The van der Waals surface area contributed by atoms with Gasteiger partial charge in [-0.1, -0.05) is 41.9 Å². The quantitative estimate of drug-likeness (QED) is 0.837. The zero-order valence-electron chi connectivity index (χ0n) is 12.0. The van der Waals surface area contributed by atoms with Gasteiger partial charge in [0.25, 0.3) is 0 Å². The molecule has 2 aromatic carbocycles. The maximum absolute atomic E-state index is 6.26. The van der Waals surface area contributed by atoms with Crippen molar-refractivity contribution in [2.45, 2.75) is 19.4 Å².